The molecule has 1 aliphatic heterocycles. The van der Waals surface area contributed by atoms with Crippen LogP contribution in [-0.4, -0.2) is 50.2 Å². The average Bonchev–Trinajstić information content (AvgIpc) is 3.44. The van der Waals surface area contributed by atoms with Crippen LogP contribution < -0.4 is 5.32 Å². The number of para-hydroxylation sites is 1. The maximum absolute atomic E-state index is 12.8. The van der Waals surface area contributed by atoms with E-state index in [0.29, 0.717) is 23.2 Å². The van der Waals surface area contributed by atoms with Crippen molar-refractivity contribution < 1.29 is 4.79 Å². The van der Waals surface area contributed by atoms with Gasteiger partial charge in [-0.3, -0.25) is 9.69 Å². The van der Waals surface area contributed by atoms with Crippen molar-refractivity contribution in [3.8, 4) is 5.69 Å². The SMILES string of the molecule is O=C(CN1CCC[C@H](c2nc3ccccc3s2)C1)Nc1cc(Cl)ccc1-n1cncn1. The Hall–Kier alpha value is -2.81. The van der Waals surface area contributed by atoms with E-state index in [1.165, 1.54) is 11.0 Å². The summed E-state index contributed by atoms with van der Waals surface area (Å²) in [6.45, 7) is 2.06. The van der Waals surface area contributed by atoms with Crippen LogP contribution in [0.1, 0.15) is 23.8 Å². The zero-order valence-corrected chi connectivity index (χ0v) is 18.3. The number of fused-ring (bicyclic) bond motifs is 1. The summed E-state index contributed by atoms with van der Waals surface area (Å²) >= 11 is 7.92. The van der Waals surface area contributed by atoms with Crippen LogP contribution in [0.3, 0.4) is 0 Å². The van der Waals surface area contributed by atoms with E-state index >= 15 is 0 Å². The number of halogens is 1. The molecule has 1 atom stereocenters. The number of benzene rings is 2. The van der Waals surface area contributed by atoms with Crippen molar-refractivity contribution in [3.63, 3.8) is 0 Å². The van der Waals surface area contributed by atoms with Crippen LogP contribution in [0, 0.1) is 0 Å². The molecular weight excluding hydrogens is 432 g/mol. The quantitative estimate of drug-likeness (QED) is 0.487. The molecule has 31 heavy (non-hydrogen) atoms. The molecule has 9 heteroatoms. The van der Waals surface area contributed by atoms with Crippen LogP contribution in [0.4, 0.5) is 5.69 Å². The molecule has 0 saturated carbocycles. The number of nitrogens with one attached hydrogen (secondary N) is 1. The summed E-state index contributed by atoms with van der Waals surface area (Å²) in [6.07, 6.45) is 5.19. The van der Waals surface area contributed by atoms with Gasteiger partial charge in [-0.25, -0.2) is 14.6 Å². The summed E-state index contributed by atoms with van der Waals surface area (Å²) in [7, 11) is 0. The van der Waals surface area contributed by atoms with Crippen molar-refractivity contribution >= 4 is 44.7 Å². The van der Waals surface area contributed by atoms with Gasteiger partial charge in [0.1, 0.15) is 12.7 Å². The molecule has 158 valence electrons. The third kappa shape index (κ3) is 4.46. The number of anilines is 1. The predicted molar refractivity (Wildman–Crippen MR) is 123 cm³/mol. The van der Waals surface area contributed by atoms with Gasteiger partial charge in [-0.2, -0.15) is 5.10 Å². The first kappa shape index (κ1) is 20.1. The van der Waals surface area contributed by atoms with E-state index in [-0.39, 0.29) is 5.91 Å². The Morgan fingerprint density at radius 3 is 3.00 bits per heavy atom. The second-order valence-electron chi connectivity index (χ2n) is 7.64. The second-order valence-corrected chi connectivity index (χ2v) is 9.14. The van der Waals surface area contributed by atoms with Crippen LogP contribution in [0.5, 0.6) is 0 Å². The van der Waals surface area contributed by atoms with Gasteiger partial charge in [-0.15, -0.1) is 11.3 Å². The Kier molecular flexibility index (Phi) is 5.67. The van der Waals surface area contributed by atoms with Crippen molar-refractivity contribution in [3.05, 3.63) is 65.1 Å². The highest BCUT2D eigenvalue weighted by Gasteiger charge is 2.25. The van der Waals surface area contributed by atoms with Gasteiger partial charge in [0.15, 0.2) is 0 Å². The standard InChI is InChI=1S/C22H21ClN6OS/c23-16-7-8-19(29-14-24-13-25-29)18(10-16)26-21(30)12-28-9-3-4-15(11-28)22-27-17-5-1-2-6-20(17)31-22/h1-2,5-8,10,13-15H,3-4,9,11-12H2,(H,26,30)/t15-/m0/s1. The molecule has 0 radical (unpaired) electrons. The normalized spacial score (nSPS) is 17.1. The summed E-state index contributed by atoms with van der Waals surface area (Å²) in [5.41, 5.74) is 2.39. The molecule has 1 amide bonds. The monoisotopic (exact) mass is 452 g/mol. The Labute approximate surface area is 188 Å². The fourth-order valence-electron chi connectivity index (χ4n) is 4.00. The van der Waals surface area contributed by atoms with E-state index in [0.717, 1.165) is 42.1 Å². The minimum atomic E-state index is -0.0754. The highest BCUT2D eigenvalue weighted by molar-refractivity contribution is 7.18. The number of piperidine rings is 1. The van der Waals surface area contributed by atoms with Gasteiger partial charge in [0, 0.05) is 17.5 Å². The van der Waals surface area contributed by atoms with E-state index in [4.69, 9.17) is 16.6 Å². The minimum Gasteiger partial charge on any atom is -0.323 e. The van der Waals surface area contributed by atoms with Crippen LogP contribution in [-0.2, 0) is 4.79 Å². The number of hydrogen-bond donors (Lipinski definition) is 1. The second kappa shape index (κ2) is 8.74. The molecule has 0 unspecified atom stereocenters. The lowest BCUT2D eigenvalue weighted by Crippen LogP contribution is -2.39. The average molecular weight is 453 g/mol. The lowest BCUT2D eigenvalue weighted by atomic mass is 9.99. The fourth-order valence-corrected chi connectivity index (χ4v) is 5.26. The van der Waals surface area contributed by atoms with Gasteiger partial charge in [-0.05, 0) is 49.7 Å². The first-order chi connectivity index (χ1) is 15.2. The number of amides is 1. The molecule has 0 bridgehead atoms. The van der Waals surface area contributed by atoms with Gasteiger partial charge >= 0.3 is 0 Å². The highest BCUT2D eigenvalue weighted by atomic mass is 35.5. The molecule has 1 saturated heterocycles. The van der Waals surface area contributed by atoms with Crippen molar-refractivity contribution in [1.29, 1.82) is 0 Å². The van der Waals surface area contributed by atoms with Crippen molar-refractivity contribution in [2.24, 2.45) is 0 Å². The molecule has 2 aromatic carbocycles. The molecule has 3 heterocycles. The molecule has 1 fully saturated rings. The number of thiazole rings is 1. The first-order valence-electron chi connectivity index (χ1n) is 10.2. The van der Waals surface area contributed by atoms with Gasteiger partial charge in [0.25, 0.3) is 0 Å². The molecule has 0 aliphatic carbocycles. The Bertz CT molecular complexity index is 1170. The Morgan fingerprint density at radius 2 is 2.16 bits per heavy atom. The molecule has 7 nitrogen and oxygen atoms in total. The van der Waals surface area contributed by atoms with E-state index in [9.17, 15) is 4.79 Å². The third-order valence-electron chi connectivity index (χ3n) is 5.43. The smallest absolute Gasteiger partial charge is 0.238 e. The van der Waals surface area contributed by atoms with E-state index in [1.54, 1.807) is 34.5 Å². The Morgan fingerprint density at radius 1 is 1.26 bits per heavy atom. The number of rotatable bonds is 5. The summed E-state index contributed by atoms with van der Waals surface area (Å²) in [5.74, 6) is 0.282. The number of carbonyl (C=O) groups excluding carboxylic acids is 1. The predicted octanol–water partition coefficient (Wildman–Crippen LogP) is 4.35. The third-order valence-corrected chi connectivity index (χ3v) is 6.86. The van der Waals surface area contributed by atoms with Crippen molar-refractivity contribution in [1.82, 2.24) is 24.6 Å². The minimum absolute atomic E-state index is 0.0754. The van der Waals surface area contributed by atoms with Gasteiger partial charge in [-0.1, -0.05) is 23.7 Å². The number of nitrogens with zero attached hydrogens (tertiary/aromatic N) is 5. The summed E-state index contributed by atoms with van der Waals surface area (Å²) in [6, 6.07) is 13.6. The maximum Gasteiger partial charge on any atom is 0.238 e. The lowest BCUT2D eigenvalue weighted by molar-refractivity contribution is -0.117. The largest absolute Gasteiger partial charge is 0.323 e. The Balaban J connectivity index is 1.27. The maximum atomic E-state index is 12.8. The van der Waals surface area contributed by atoms with Gasteiger partial charge in [0.05, 0.1) is 33.1 Å². The van der Waals surface area contributed by atoms with Crippen molar-refractivity contribution in [2.75, 3.05) is 25.0 Å². The van der Waals surface area contributed by atoms with Crippen LogP contribution in [0.2, 0.25) is 5.02 Å². The molecule has 0 spiro atoms. The molecule has 1 aliphatic rings. The zero-order valence-electron chi connectivity index (χ0n) is 16.7. The number of likely N-dealkylation sites (tertiary alicyclic amines) is 1. The van der Waals surface area contributed by atoms with E-state index < -0.39 is 0 Å². The van der Waals surface area contributed by atoms with Crippen LogP contribution in [0.15, 0.2) is 55.1 Å². The van der Waals surface area contributed by atoms with Gasteiger partial charge < -0.3 is 5.32 Å². The summed E-state index contributed by atoms with van der Waals surface area (Å²) in [4.78, 5) is 23.9. The topological polar surface area (TPSA) is 75.9 Å². The molecule has 5 rings (SSSR count). The van der Waals surface area contributed by atoms with Crippen molar-refractivity contribution in [2.45, 2.75) is 18.8 Å². The number of aromatic nitrogens is 4. The first-order valence-corrected chi connectivity index (χ1v) is 11.4. The van der Waals surface area contributed by atoms with Crippen LogP contribution in [0.25, 0.3) is 15.9 Å². The summed E-state index contributed by atoms with van der Waals surface area (Å²) in [5, 5.41) is 8.86. The van der Waals surface area contributed by atoms with Crippen LogP contribution >= 0.6 is 22.9 Å². The van der Waals surface area contributed by atoms with E-state index in [2.05, 4.69) is 32.4 Å². The molecule has 1 N–H and O–H groups in total. The lowest BCUT2D eigenvalue weighted by Gasteiger charge is -2.31. The van der Waals surface area contributed by atoms with Gasteiger partial charge in [0.2, 0.25) is 5.91 Å². The summed E-state index contributed by atoms with van der Waals surface area (Å²) < 4.78 is 2.82. The molecule has 2 aromatic heterocycles. The molecule has 4 aromatic rings. The number of hydrogen-bond acceptors (Lipinski definition) is 6. The van der Waals surface area contributed by atoms with E-state index in [1.807, 2.05) is 18.2 Å². The molecular formula is C22H21ClN6OS. The highest BCUT2D eigenvalue weighted by Crippen LogP contribution is 2.33. The zero-order chi connectivity index (χ0) is 21.2. The number of carbonyl (C=O) groups is 1. The fraction of sp³-hybridized carbons (Fsp3) is 0.273.